The van der Waals surface area contributed by atoms with Crippen LogP contribution < -0.4 is 5.30 Å². The zero-order valence-electron chi connectivity index (χ0n) is 16.1. The first-order chi connectivity index (χ1) is 15.3. The zero-order valence-corrected chi connectivity index (χ0v) is 18.5. The largest absolute Gasteiger partial charge is 0.417 e. The van der Waals surface area contributed by atoms with Gasteiger partial charge in [-0.25, -0.2) is 0 Å². The molecular weight excluding hydrogens is 512 g/mol. The van der Waals surface area contributed by atoms with Gasteiger partial charge < -0.3 is 0 Å². The molecule has 0 heterocycles. The Hall–Kier alpha value is -2.41. The molecule has 0 fully saturated rings. The van der Waals surface area contributed by atoms with Crippen LogP contribution in [0.25, 0.3) is 0 Å². The Morgan fingerprint density at radius 3 is 1.48 bits per heavy atom. The molecule has 0 bridgehead atoms. The van der Waals surface area contributed by atoms with E-state index >= 15 is 0 Å². The fraction of sp³-hybridized carbons (Fsp3) is 0.0909. The Morgan fingerprint density at radius 1 is 0.606 bits per heavy atom. The molecule has 3 aromatic carbocycles. The van der Waals surface area contributed by atoms with Crippen molar-refractivity contribution < 1.29 is 35.9 Å². The van der Waals surface area contributed by atoms with E-state index in [9.17, 15) is 35.9 Å². The van der Waals surface area contributed by atoms with Crippen LogP contribution in [-0.2, 0) is 12.4 Å². The van der Waals surface area contributed by atoms with Crippen molar-refractivity contribution in [1.29, 1.82) is 0 Å². The second kappa shape index (κ2) is 9.45. The van der Waals surface area contributed by atoms with Crippen molar-refractivity contribution in [3.8, 4) is 0 Å². The Balaban J connectivity index is 2.32. The van der Waals surface area contributed by atoms with Gasteiger partial charge >= 0.3 is 12.4 Å². The summed E-state index contributed by atoms with van der Waals surface area (Å²) in [5.41, 5.74) is -8.24. The first kappa shape index (κ1) is 25.2. The predicted octanol–water partition coefficient (Wildman–Crippen LogP) is 7.82. The van der Waals surface area contributed by atoms with Gasteiger partial charge in [0.05, 0.1) is 34.7 Å². The predicted molar refractivity (Wildman–Crippen MR) is 115 cm³/mol. The molecule has 1 atom stereocenters. The average Bonchev–Trinajstić information content (AvgIpc) is 2.72. The standard InChI is InChI=1S/C22H11Cl2F6O2P/c23-15-10-5-11-16(24)18(15)20(32)33(12-6-2-1-3-7-12)19(31)17-13(21(25,26)27)8-4-9-14(17)22(28,29)30/h1-11H. The van der Waals surface area contributed by atoms with Crippen molar-refractivity contribution in [2.75, 3.05) is 0 Å². The maximum absolute atomic E-state index is 13.7. The average molecular weight is 523 g/mol. The molecular formula is C22H11Cl2F6O2P. The van der Waals surface area contributed by atoms with Crippen molar-refractivity contribution in [1.82, 2.24) is 0 Å². The van der Waals surface area contributed by atoms with E-state index in [1.165, 1.54) is 48.5 Å². The van der Waals surface area contributed by atoms with Crippen molar-refractivity contribution in [2.24, 2.45) is 0 Å². The Kier molecular flexibility index (Phi) is 7.22. The number of carbonyl (C=O) groups is 2. The van der Waals surface area contributed by atoms with Crippen LogP contribution in [0.15, 0.2) is 66.7 Å². The van der Waals surface area contributed by atoms with Crippen molar-refractivity contribution in [2.45, 2.75) is 12.4 Å². The summed E-state index contributed by atoms with van der Waals surface area (Å²) in [6.07, 6.45) is -10.6. The van der Waals surface area contributed by atoms with Gasteiger partial charge in [-0.3, -0.25) is 9.59 Å². The maximum atomic E-state index is 13.7. The molecule has 3 aromatic rings. The summed E-state index contributed by atoms with van der Waals surface area (Å²) in [4.78, 5) is 26.8. The van der Waals surface area contributed by atoms with Crippen molar-refractivity contribution >= 4 is 47.5 Å². The Morgan fingerprint density at radius 2 is 1.03 bits per heavy atom. The molecule has 0 aliphatic heterocycles. The van der Waals surface area contributed by atoms with Crippen LogP contribution in [0.1, 0.15) is 31.8 Å². The van der Waals surface area contributed by atoms with Crippen LogP contribution in [0.4, 0.5) is 26.3 Å². The number of hydrogen-bond donors (Lipinski definition) is 0. The number of rotatable bonds is 5. The van der Waals surface area contributed by atoms with Gasteiger partial charge in [0, 0.05) is 5.56 Å². The van der Waals surface area contributed by atoms with Gasteiger partial charge in [0.25, 0.3) is 0 Å². The topological polar surface area (TPSA) is 34.1 Å². The third-order valence-corrected chi connectivity index (χ3v) is 7.19. The molecule has 172 valence electrons. The third kappa shape index (κ3) is 5.24. The fourth-order valence-electron chi connectivity index (χ4n) is 3.08. The highest BCUT2D eigenvalue weighted by Crippen LogP contribution is 2.49. The van der Waals surface area contributed by atoms with Gasteiger partial charge in [0.15, 0.2) is 11.0 Å². The minimum absolute atomic E-state index is 0.0522. The molecule has 0 aliphatic carbocycles. The molecule has 2 nitrogen and oxygen atoms in total. The van der Waals surface area contributed by atoms with Crippen molar-refractivity contribution in [3.05, 3.63) is 99.0 Å². The summed E-state index contributed by atoms with van der Waals surface area (Å²) in [7, 11) is -2.94. The molecule has 11 heteroatoms. The van der Waals surface area contributed by atoms with Crippen LogP contribution in [0.5, 0.6) is 0 Å². The molecule has 0 saturated carbocycles. The minimum Gasteiger partial charge on any atom is -0.288 e. The highest BCUT2D eigenvalue weighted by atomic mass is 35.5. The van der Waals surface area contributed by atoms with E-state index < -0.39 is 48.0 Å². The quantitative estimate of drug-likeness (QED) is 0.253. The molecule has 0 N–H and O–H groups in total. The van der Waals surface area contributed by atoms with Crippen molar-refractivity contribution in [3.63, 3.8) is 0 Å². The summed E-state index contributed by atoms with van der Waals surface area (Å²) in [6.45, 7) is 0. The first-order valence-electron chi connectivity index (χ1n) is 8.99. The molecule has 0 radical (unpaired) electrons. The van der Waals surface area contributed by atoms with E-state index in [1.807, 2.05) is 0 Å². The van der Waals surface area contributed by atoms with Gasteiger partial charge in [-0.15, -0.1) is 0 Å². The zero-order chi connectivity index (χ0) is 24.6. The normalized spacial score (nSPS) is 13.0. The van der Waals surface area contributed by atoms with Crippen LogP contribution in [0, 0.1) is 0 Å². The van der Waals surface area contributed by atoms with Gasteiger partial charge in [0.1, 0.15) is 0 Å². The van der Waals surface area contributed by atoms with Gasteiger partial charge in [0.2, 0.25) is 0 Å². The molecule has 0 aliphatic rings. The number of hydrogen-bond acceptors (Lipinski definition) is 2. The fourth-order valence-corrected chi connectivity index (χ4v) is 5.84. The molecule has 1 unspecified atom stereocenters. The van der Waals surface area contributed by atoms with E-state index in [2.05, 4.69) is 0 Å². The van der Waals surface area contributed by atoms with E-state index in [-0.39, 0.29) is 20.9 Å². The molecule has 33 heavy (non-hydrogen) atoms. The lowest BCUT2D eigenvalue weighted by Gasteiger charge is -2.22. The molecule has 0 aromatic heterocycles. The minimum atomic E-state index is -5.28. The van der Waals surface area contributed by atoms with E-state index in [0.29, 0.717) is 18.2 Å². The van der Waals surface area contributed by atoms with E-state index in [1.54, 1.807) is 0 Å². The Labute approximate surface area is 194 Å². The van der Waals surface area contributed by atoms with Crippen LogP contribution >= 0.6 is 31.1 Å². The third-order valence-electron chi connectivity index (χ3n) is 4.49. The highest BCUT2D eigenvalue weighted by molar-refractivity contribution is 7.96. The van der Waals surface area contributed by atoms with Crippen LogP contribution in [0.3, 0.4) is 0 Å². The smallest absolute Gasteiger partial charge is 0.288 e. The summed E-state index contributed by atoms with van der Waals surface area (Å²) in [5, 5.41) is -0.434. The van der Waals surface area contributed by atoms with Gasteiger partial charge in [-0.1, -0.05) is 65.7 Å². The van der Waals surface area contributed by atoms with Gasteiger partial charge in [-0.2, -0.15) is 26.3 Å². The lowest BCUT2D eigenvalue weighted by molar-refractivity contribution is -0.143. The summed E-state index contributed by atoms with van der Waals surface area (Å²) >= 11 is 12.1. The molecule has 3 rings (SSSR count). The second-order valence-electron chi connectivity index (χ2n) is 6.60. The highest BCUT2D eigenvalue weighted by Gasteiger charge is 2.45. The summed E-state index contributed by atoms with van der Waals surface area (Å²) in [6, 6.07) is 12.1. The number of carbonyl (C=O) groups excluding carboxylic acids is 2. The number of alkyl halides is 6. The van der Waals surface area contributed by atoms with Crippen LogP contribution in [0.2, 0.25) is 10.0 Å². The SMILES string of the molecule is O=C(c1c(Cl)cccc1Cl)P(C(=O)c1c(C(F)(F)F)cccc1C(F)(F)F)c1ccccc1. The molecule has 0 spiro atoms. The monoisotopic (exact) mass is 522 g/mol. The lowest BCUT2D eigenvalue weighted by Crippen LogP contribution is -2.23. The first-order valence-corrected chi connectivity index (χ1v) is 11.1. The summed E-state index contributed by atoms with van der Waals surface area (Å²) in [5.74, 6) is 0. The lowest BCUT2D eigenvalue weighted by atomic mass is 10.0. The summed E-state index contributed by atoms with van der Waals surface area (Å²) < 4.78 is 81.9. The number of halogens is 8. The van der Waals surface area contributed by atoms with E-state index in [4.69, 9.17) is 23.2 Å². The number of benzene rings is 3. The molecule has 0 amide bonds. The van der Waals surface area contributed by atoms with E-state index in [0.717, 1.165) is 0 Å². The van der Waals surface area contributed by atoms with Crippen LogP contribution in [-0.4, -0.2) is 11.0 Å². The molecule has 0 saturated heterocycles. The Bertz CT molecular complexity index is 1160. The van der Waals surface area contributed by atoms with Gasteiger partial charge in [-0.05, 0) is 29.6 Å². The maximum Gasteiger partial charge on any atom is 0.417 e. The second-order valence-corrected chi connectivity index (χ2v) is 9.42.